The number of aryl methyl sites for hydroxylation is 1. The highest BCUT2D eigenvalue weighted by atomic mass is 16.5. The lowest BCUT2D eigenvalue weighted by Gasteiger charge is -1.89. The van der Waals surface area contributed by atoms with E-state index in [1.807, 2.05) is 11.6 Å². The second-order valence-corrected chi connectivity index (χ2v) is 2.12. The number of methoxy groups -OCH3 is 1. The van der Waals surface area contributed by atoms with Crippen LogP contribution in [-0.4, -0.2) is 23.3 Å². The van der Waals surface area contributed by atoms with Crippen LogP contribution in [0.2, 0.25) is 0 Å². The molecule has 0 atom stereocenters. The molecular formula is C8H10N2O. The van der Waals surface area contributed by atoms with Gasteiger partial charge in [0.05, 0.1) is 12.5 Å². The first kappa shape index (κ1) is 7.83. The molecule has 58 valence electrons. The van der Waals surface area contributed by atoms with Crippen molar-refractivity contribution in [1.29, 1.82) is 0 Å². The van der Waals surface area contributed by atoms with Gasteiger partial charge in [0.2, 0.25) is 0 Å². The highest BCUT2D eigenvalue weighted by Crippen LogP contribution is 1.91. The summed E-state index contributed by atoms with van der Waals surface area (Å²) in [4.78, 5) is 3.92. The Morgan fingerprint density at radius 3 is 3.09 bits per heavy atom. The van der Waals surface area contributed by atoms with Crippen molar-refractivity contribution < 1.29 is 4.74 Å². The fourth-order valence-electron chi connectivity index (χ4n) is 0.676. The van der Waals surface area contributed by atoms with Crippen LogP contribution in [0.1, 0.15) is 5.69 Å². The van der Waals surface area contributed by atoms with Crippen molar-refractivity contribution in [2.24, 2.45) is 7.05 Å². The van der Waals surface area contributed by atoms with Crippen molar-refractivity contribution in [3.63, 3.8) is 0 Å². The Balaban J connectivity index is 2.65. The minimum absolute atomic E-state index is 0.463. The van der Waals surface area contributed by atoms with E-state index in [1.54, 1.807) is 19.6 Å². The van der Waals surface area contributed by atoms with Gasteiger partial charge in [-0.2, -0.15) is 0 Å². The number of hydrogen-bond donors (Lipinski definition) is 0. The normalized spacial score (nSPS) is 8.91. The smallest absolute Gasteiger partial charge is 0.111 e. The number of rotatable bonds is 1. The first-order valence-corrected chi connectivity index (χ1v) is 3.28. The molecule has 11 heavy (non-hydrogen) atoms. The lowest BCUT2D eigenvalue weighted by Crippen LogP contribution is -1.89. The monoisotopic (exact) mass is 150 g/mol. The van der Waals surface area contributed by atoms with Crippen molar-refractivity contribution in [2.75, 3.05) is 13.7 Å². The largest absolute Gasteiger partial charge is 0.372 e. The fraction of sp³-hybridized carbons (Fsp3) is 0.375. The average molecular weight is 150 g/mol. The highest BCUT2D eigenvalue weighted by Gasteiger charge is 1.89. The standard InChI is InChI=1S/C8H10N2O/c1-10-7-9-6-8(10)4-3-5-11-2/h6-7H,5H2,1-2H3. The highest BCUT2D eigenvalue weighted by molar-refractivity contribution is 5.25. The Kier molecular flexibility index (Phi) is 2.70. The van der Waals surface area contributed by atoms with Gasteiger partial charge in [0.25, 0.3) is 0 Å². The molecule has 0 fully saturated rings. The maximum Gasteiger partial charge on any atom is 0.111 e. The fourth-order valence-corrected chi connectivity index (χ4v) is 0.676. The average Bonchev–Trinajstić information content (AvgIpc) is 2.37. The number of imidazole rings is 1. The van der Waals surface area contributed by atoms with E-state index in [2.05, 4.69) is 16.8 Å². The van der Waals surface area contributed by atoms with Gasteiger partial charge in [-0.1, -0.05) is 5.92 Å². The predicted octanol–water partition coefficient (Wildman–Crippen LogP) is 0.418. The van der Waals surface area contributed by atoms with Gasteiger partial charge < -0.3 is 9.30 Å². The van der Waals surface area contributed by atoms with Crippen LogP contribution >= 0.6 is 0 Å². The Labute approximate surface area is 66.0 Å². The lowest BCUT2D eigenvalue weighted by atomic mass is 10.4. The van der Waals surface area contributed by atoms with Gasteiger partial charge in [-0.15, -0.1) is 0 Å². The molecular weight excluding hydrogens is 140 g/mol. The summed E-state index contributed by atoms with van der Waals surface area (Å²) in [6.45, 7) is 0.463. The zero-order chi connectivity index (χ0) is 8.10. The van der Waals surface area contributed by atoms with Crippen LogP contribution in [0.15, 0.2) is 12.5 Å². The lowest BCUT2D eigenvalue weighted by molar-refractivity contribution is 0.240. The predicted molar refractivity (Wildman–Crippen MR) is 42.0 cm³/mol. The Hall–Kier alpha value is -1.27. The van der Waals surface area contributed by atoms with Gasteiger partial charge in [-0.05, 0) is 5.92 Å². The van der Waals surface area contributed by atoms with Crippen LogP contribution in [0.25, 0.3) is 0 Å². The van der Waals surface area contributed by atoms with E-state index < -0.39 is 0 Å². The van der Waals surface area contributed by atoms with E-state index in [-0.39, 0.29) is 0 Å². The van der Waals surface area contributed by atoms with Crippen LogP contribution < -0.4 is 0 Å². The molecule has 0 aromatic carbocycles. The van der Waals surface area contributed by atoms with Crippen LogP contribution in [0.5, 0.6) is 0 Å². The van der Waals surface area contributed by atoms with Gasteiger partial charge in [0.15, 0.2) is 0 Å². The summed E-state index contributed by atoms with van der Waals surface area (Å²) < 4.78 is 6.64. The van der Waals surface area contributed by atoms with Crippen LogP contribution in [0.4, 0.5) is 0 Å². The van der Waals surface area contributed by atoms with E-state index in [1.165, 1.54) is 0 Å². The molecule has 0 amide bonds. The molecule has 1 heterocycles. The van der Waals surface area contributed by atoms with E-state index in [0.29, 0.717) is 6.61 Å². The summed E-state index contributed by atoms with van der Waals surface area (Å²) in [5.74, 6) is 5.76. The van der Waals surface area contributed by atoms with Crippen molar-refractivity contribution in [1.82, 2.24) is 9.55 Å². The first-order chi connectivity index (χ1) is 5.34. The molecule has 0 spiro atoms. The Morgan fingerprint density at radius 1 is 1.73 bits per heavy atom. The summed E-state index contributed by atoms with van der Waals surface area (Å²) in [5.41, 5.74) is 0.905. The number of hydrogen-bond acceptors (Lipinski definition) is 2. The topological polar surface area (TPSA) is 27.1 Å². The number of ether oxygens (including phenoxy) is 1. The molecule has 0 bridgehead atoms. The maximum atomic E-state index is 4.78. The van der Waals surface area contributed by atoms with Gasteiger partial charge in [0, 0.05) is 14.2 Å². The van der Waals surface area contributed by atoms with Crippen LogP contribution in [0, 0.1) is 11.8 Å². The zero-order valence-corrected chi connectivity index (χ0v) is 6.66. The molecule has 0 aliphatic carbocycles. The molecule has 0 saturated carbocycles. The van der Waals surface area contributed by atoms with E-state index in [0.717, 1.165) is 5.69 Å². The molecule has 0 radical (unpaired) electrons. The van der Waals surface area contributed by atoms with Gasteiger partial charge in [0.1, 0.15) is 12.3 Å². The van der Waals surface area contributed by atoms with Crippen molar-refractivity contribution in [3.05, 3.63) is 18.2 Å². The van der Waals surface area contributed by atoms with Gasteiger partial charge >= 0.3 is 0 Å². The van der Waals surface area contributed by atoms with Gasteiger partial charge in [-0.25, -0.2) is 4.98 Å². The van der Waals surface area contributed by atoms with Crippen molar-refractivity contribution in [2.45, 2.75) is 0 Å². The van der Waals surface area contributed by atoms with Gasteiger partial charge in [-0.3, -0.25) is 0 Å². The molecule has 1 aromatic heterocycles. The zero-order valence-electron chi connectivity index (χ0n) is 6.66. The molecule has 0 aliphatic heterocycles. The Morgan fingerprint density at radius 2 is 2.55 bits per heavy atom. The first-order valence-electron chi connectivity index (χ1n) is 3.28. The third kappa shape index (κ3) is 2.10. The minimum atomic E-state index is 0.463. The quantitative estimate of drug-likeness (QED) is 0.542. The van der Waals surface area contributed by atoms with E-state index in [4.69, 9.17) is 4.74 Å². The minimum Gasteiger partial charge on any atom is -0.372 e. The molecule has 1 aromatic rings. The maximum absolute atomic E-state index is 4.78. The second-order valence-electron chi connectivity index (χ2n) is 2.12. The Bertz CT molecular complexity index is 280. The van der Waals surface area contributed by atoms with Crippen LogP contribution in [-0.2, 0) is 11.8 Å². The molecule has 3 heteroatoms. The van der Waals surface area contributed by atoms with Crippen molar-refractivity contribution in [3.8, 4) is 11.8 Å². The SMILES string of the molecule is COCC#Cc1cncn1C. The van der Waals surface area contributed by atoms with Crippen LogP contribution in [0.3, 0.4) is 0 Å². The summed E-state index contributed by atoms with van der Waals surface area (Å²) in [7, 11) is 3.53. The third-order valence-corrected chi connectivity index (χ3v) is 1.25. The van der Waals surface area contributed by atoms with E-state index in [9.17, 15) is 0 Å². The van der Waals surface area contributed by atoms with E-state index >= 15 is 0 Å². The summed E-state index contributed by atoms with van der Waals surface area (Å²) in [6, 6.07) is 0. The molecule has 1 rings (SSSR count). The van der Waals surface area contributed by atoms with Crippen molar-refractivity contribution >= 4 is 0 Å². The summed E-state index contributed by atoms with van der Waals surface area (Å²) >= 11 is 0. The molecule has 0 saturated heterocycles. The number of nitrogens with zero attached hydrogens (tertiary/aromatic N) is 2. The molecule has 3 nitrogen and oxygen atoms in total. The molecule has 0 N–H and O–H groups in total. The summed E-state index contributed by atoms with van der Waals surface area (Å²) in [6.07, 6.45) is 3.44. The molecule has 0 aliphatic rings. The number of aromatic nitrogens is 2. The second kappa shape index (κ2) is 3.79. The summed E-state index contributed by atoms with van der Waals surface area (Å²) in [5, 5.41) is 0. The third-order valence-electron chi connectivity index (χ3n) is 1.25. The molecule has 0 unspecified atom stereocenters.